The number of carbonyl (C=O) groups excluding carboxylic acids is 1. The van der Waals surface area contributed by atoms with E-state index in [1.54, 1.807) is 6.08 Å². The number of rotatable bonds is 6. The van der Waals surface area contributed by atoms with Gasteiger partial charge in [-0.3, -0.25) is 4.79 Å². The van der Waals surface area contributed by atoms with E-state index in [0.717, 1.165) is 6.42 Å². The molecule has 2 unspecified atom stereocenters. The molecule has 0 saturated heterocycles. The van der Waals surface area contributed by atoms with Crippen LogP contribution in [0.25, 0.3) is 0 Å². The highest BCUT2D eigenvalue weighted by Crippen LogP contribution is 2.16. The summed E-state index contributed by atoms with van der Waals surface area (Å²) in [5.74, 6) is 0.0298. The van der Waals surface area contributed by atoms with Crippen LogP contribution in [0.15, 0.2) is 24.3 Å². The lowest BCUT2D eigenvalue weighted by atomic mass is 9.99. The van der Waals surface area contributed by atoms with E-state index in [2.05, 4.69) is 33.4 Å². The number of esters is 1. The zero-order chi connectivity index (χ0) is 12.7. The average Bonchev–Trinajstić information content (AvgIpc) is 2.21. The molecule has 92 valence electrons. The minimum Gasteiger partial charge on any atom is -0.458 e. The zero-order valence-electron chi connectivity index (χ0n) is 11.1. The molecule has 2 atom stereocenters. The summed E-state index contributed by atoms with van der Waals surface area (Å²) in [6, 6.07) is 0. The first kappa shape index (κ1) is 14.9. The first-order chi connectivity index (χ1) is 7.38. The van der Waals surface area contributed by atoms with Crippen LogP contribution in [-0.2, 0) is 9.53 Å². The first-order valence-electron chi connectivity index (χ1n) is 5.84. The molecule has 0 aliphatic rings. The van der Waals surface area contributed by atoms with Crippen molar-refractivity contribution in [3.8, 4) is 0 Å². The minimum atomic E-state index is -0.189. The van der Waals surface area contributed by atoms with E-state index in [1.165, 1.54) is 5.57 Å². The Morgan fingerprint density at radius 2 is 1.88 bits per heavy atom. The monoisotopic (exact) mass is 224 g/mol. The van der Waals surface area contributed by atoms with Gasteiger partial charge in [-0.05, 0) is 20.3 Å². The van der Waals surface area contributed by atoms with Crippen molar-refractivity contribution in [2.45, 2.75) is 47.1 Å². The Morgan fingerprint density at radius 3 is 2.25 bits per heavy atom. The van der Waals surface area contributed by atoms with E-state index >= 15 is 0 Å². The Bertz CT molecular complexity index is 260. The van der Waals surface area contributed by atoms with Crippen LogP contribution < -0.4 is 0 Å². The maximum atomic E-state index is 11.5. The second kappa shape index (κ2) is 7.26. The van der Waals surface area contributed by atoms with Gasteiger partial charge in [0.2, 0.25) is 0 Å². The molecule has 0 aromatic carbocycles. The molecular formula is C14H24O2. The van der Waals surface area contributed by atoms with E-state index in [1.807, 2.05) is 13.8 Å². The van der Waals surface area contributed by atoms with Gasteiger partial charge in [-0.1, -0.05) is 45.1 Å². The molecule has 0 amide bonds. The smallest absolute Gasteiger partial charge is 0.308 e. The summed E-state index contributed by atoms with van der Waals surface area (Å²) in [6.07, 6.45) is 4.59. The number of hydrogen-bond donors (Lipinski definition) is 0. The van der Waals surface area contributed by atoms with E-state index in [0.29, 0.717) is 0 Å². The fraction of sp³-hybridized carbons (Fsp3) is 0.643. The van der Waals surface area contributed by atoms with Crippen LogP contribution in [0.1, 0.15) is 41.0 Å². The quantitative estimate of drug-likeness (QED) is 0.507. The van der Waals surface area contributed by atoms with Gasteiger partial charge < -0.3 is 4.74 Å². The normalized spacial score (nSPS) is 14.1. The molecule has 0 aromatic rings. The molecule has 2 heteroatoms. The van der Waals surface area contributed by atoms with Crippen molar-refractivity contribution in [2.24, 2.45) is 11.8 Å². The van der Waals surface area contributed by atoms with E-state index in [9.17, 15) is 4.79 Å². The number of carbonyl (C=O) groups is 1. The minimum absolute atomic E-state index is 0.0851. The van der Waals surface area contributed by atoms with Crippen LogP contribution in [-0.4, -0.2) is 12.1 Å². The molecule has 0 heterocycles. The van der Waals surface area contributed by atoms with Crippen molar-refractivity contribution in [3.05, 3.63) is 24.3 Å². The Morgan fingerprint density at radius 1 is 1.31 bits per heavy atom. The third-order valence-electron chi connectivity index (χ3n) is 2.41. The molecular weight excluding hydrogens is 200 g/mol. The predicted molar refractivity (Wildman–Crippen MR) is 68.1 cm³/mol. The molecule has 0 N–H and O–H groups in total. The van der Waals surface area contributed by atoms with E-state index in [-0.39, 0.29) is 23.9 Å². The summed E-state index contributed by atoms with van der Waals surface area (Å²) in [7, 11) is 0. The van der Waals surface area contributed by atoms with Gasteiger partial charge in [-0.15, -0.1) is 0 Å². The summed E-state index contributed by atoms with van der Waals surface area (Å²) in [6.45, 7) is 13.6. The highest BCUT2D eigenvalue weighted by atomic mass is 16.5. The fourth-order valence-electron chi connectivity index (χ4n) is 1.22. The maximum Gasteiger partial charge on any atom is 0.308 e. The molecule has 0 fully saturated rings. The van der Waals surface area contributed by atoms with Gasteiger partial charge in [-0.25, -0.2) is 0 Å². The molecule has 0 radical (unpaired) electrons. The fourth-order valence-corrected chi connectivity index (χ4v) is 1.22. The molecule has 0 saturated carbocycles. The van der Waals surface area contributed by atoms with Crippen molar-refractivity contribution >= 4 is 5.97 Å². The van der Waals surface area contributed by atoms with Crippen LogP contribution in [0.2, 0.25) is 0 Å². The largest absolute Gasteiger partial charge is 0.458 e. The number of hydrogen-bond acceptors (Lipinski definition) is 2. The van der Waals surface area contributed by atoms with Crippen LogP contribution in [0.3, 0.4) is 0 Å². The van der Waals surface area contributed by atoms with Crippen LogP contribution in [0, 0.1) is 11.8 Å². The van der Waals surface area contributed by atoms with Crippen LogP contribution >= 0.6 is 0 Å². The third kappa shape index (κ3) is 5.74. The highest BCUT2D eigenvalue weighted by molar-refractivity contribution is 5.71. The predicted octanol–water partition coefficient (Wildman–Crippen LogP) is 3.73. The topological polar surface area (TPSA) is 26.3 Å². The van der Waals surface area contributed by atoms with Gasteiger partial charge in [0, 0.05) is 5.92 Å². The first-order valence-corrected chi connectivity index (χ1v) is 5.84. The van der Waals surface area contributed by atoms with Gasteiger partial charge in [-0.2, -0.15) is 0 Å². The second-order valence-electron chi connectivity index (χ2n) is 4.79. The third-order valence-corrected chi connectivity index (χ3v) is 2.41. The summed E-state index contributed by atoms with van der Waals surface area (Å²) in [5, 5.41) is 0. The van der Waals surface area contributed by atoms with Crippen molar-refractivity contribution in [3.63, 3.8) is 0 Å². The summed E-state index contributed by atoms with van der Waals surface area (Å²) < 4.78 is 5.37. The molecule has 0 spiro atoms. The second-order valence-corrected chi connectivity index (χ2v) is 4.79. The summed E-state index contributed by atoms with van der Waals surface area (Å²) >= 11 is 0. The van der Waals surface area contributed by atoms with E-state index < -0.39 is 0 Å². The number of ether oxygens (including phenoxy) is 1. The van der Waals surface area contributed by atoms with Crippen molar-refractivity contribution in [1.82, 2.24) is 0 Å². The summed E-state index contributed by atoms with van der Waals surface area (Å²) in [5.41, 5.74) is 1.28. The van der Waals surface area contributed by atoms with Crippen LogP contribution in [0.4, 0.5) is 0 Å². The van der Waals surface area contributed by atoms with E-state index in [4.69, 9.17) is 4.74 Å². The molecule has 0 aliphatic heterocycles. The van der Waals surface area contributed by atoms with Crippen molar-refractivity contribution < 1.29 is 9.53 Å². The molecule has 16 heavy (non-hydrogen) atoms. The SMILES string of the molecule is C=CC(OC(=O)C(C)C)C(C)CC=C(C)C. The van der Waals surface area contributed by atoms with Crippen molar-refractivity contribution in [2.75, 3.05) is 0 Å². The van der Waals surface area contributed by atoms with Crippen LogP contribution in [0.5, 0.6) is 0 Å². The molecule has 0 rings (SSSR count). The van der Waals surface area contributed by atoms with Gasteiger partial charge in [0.05, 0.1) is 5.92 Å². The lowest BCUT2D eigenvalue weighted by Gasteiger charge is -2.21. The van der Waals surface area contributed by atoms with Gasteiger partial charge >= 0.3 is 5.97 Å². The average molecular weight is 224 g/mol. The Hall–Kier alpha value is -1.05. The van der Waals surface area contributed by atoms with Gasteiger partial charge in [0.15, 0.2) is 0 Å². The standard InChI is InChI=1S/C14H24O2/c1-7-13(16-14(15)11(4)5)12(6)9-8-10(2)3/h7-8,11-13H,1,9H2,2-6H3. The molecule has 0 aromatic heterocycles. The molecule has 0 bridgehead atoms. The Kier molecular flexibility index (Phi) is 6.78. The van der Waals surface area contributed by atoms with Gasteiger partial charge in [0.25, 0.3) is 0 Å². The van der Waals surface area contributed by atoms with Gasteiger partial charge in [0.1, 0.15) is 6.10 Å². The lowest BCUT2D eigenvalue weighted by Crippen LogP contribution is -2.25. The zero-order valence-corrected chi connectivity index (χ0v) is 11.1. The lowest BCUT2D eigenvalue weighted by molar-refractivity contribution is -0.152. The Labute approximate surface area is 99.4 Å². The Balaban J connectivity index is 4.32. The molecule has 0 aliphatic carbocycles. The molecule has 2 nitrogen and oxygen atoms in total. The highest BCUT2D eigenvalue weighted by Gasteiger charge is 2.19. The van der Waals surface area contributed by atoms with Crippen molar-refractivity contribution in [1.29, 1.82) is 0 Å². The summed E-state index contributed by atoms with van der Waals surface area (Å²) in [4.78, 5) is 11.5. The maximum absolute atomic E-state index is 11.5. The number of allylic oxidation sites excluding steroid dienone is 2.